The van der Waals surface area contributed by atoms with Crippen LogP contribution >= 0.6 is 45.2 Å². The van der Waals surface area contributed by atoms with Crippen molar-refractivity contribution in [3.63, 3.8) is 0 Å². The number of alkyl halides is 2. The molecular formula is C11H14I2O2S. The molecule has 0 amide bonds. The third-order valence-electron chi connectivity index (χ3n) is 2.05. The highest BCUT2D eigenvalue weighted by Gasteiger charge is 2.40. The summed E-state index contributed by atoms with van der Waals surface area (Å²) in [7, 11) is -3.14. The van der Waals surface area contributed by atoms with Crippen molar-refractivity contribution >= 4 is 55.0 Å². The van der Waals surface area contributed by atoms with Crippen LogP contribution in [0.25, 0.3) is 0 Å². The molecule has 1 aromatic rings. The number of rotatable bonds is 4. The average molecular weight is 464 g/mol. The number of sulfone groups is 1. The Morgan fingerprint density at radius 3 is 2.12 bits per heavy atom. The molecule has 0 heterocycles. The van der Waals surface area contributed by atoms with Gasteiger partial charge in [-0.3, -0.25) is 0 Å². The predicted octanol–water partition coefficient (Wildman–Crippen LogP) is 3.74. The second-order valence-electron chi connectivity index (χ2n) is 4.06. The maximum absolute atomic E-state index is 12.2. The minimum absolute atomic E-state index is 0.151. The largest absolute Gasteiger partial charge is 0.226 e. The lowest BCUT2D eigenvalue weighted by atomic mass is 10.2. The Labute approximate surface area is 124 Å². The van der Waals surface area contributed by atoms with Crippen molar-refractivity contribution < 1.29 is 8.42 Å². The van der Waals surface area contributed by atoms with Crippen LogP contribution in [0.15, 0.2) is 30.3 Å². The Bertz CT molecular complexity index is 438. The normalized spacial score (nSPS) is 13.1. The van der Waals surface area contributed by atoms with E-state index in [-0.39, 0.29) is 11.7 Å². The first-order valence-electron chi connectivity index (χ1n) is 4.93. The molecule has 0 saturated heterocycles. The van der Waals surface area contributed by atoms with Crippen molar-refractivity contribution in [3.8, 4) is 0 Å². The van der Waals surface area contributed by atoms with Gasteiger partial charge in [0.05, 0.1) is 5.75 Å². The molecular weight excluding hydrogens is 450 g/mol. The van der Waals surface area contributed by atoms with E-state index in [0.29, 0.717) is 0 Å². The second-order valence-corrected chi connectivity index (χ2v) is 13.0. The number of halogens is 2. The van der Waals surface area contributed by atoms with Gasteiger partial charge in [0.2, 0.25) is 0 Å². The van der Waals surface area contributed by atoms with Crippen molar-refractivity contribution in [3.05, 3.63) is 35.9 Å². The fraction of sp³-hybridized carbons (Fsp3) is 0.455. The molecule has 0 aliphatic rings. The smallest absolute Gasteiger partial charge is 0.198 e. The molecule has 0 unspecified atom stereocenters. The molecule has 0 atom stereocenters. The van der Waals surface area contributed by atoms with E-state index in [4.69, 9.17) is 0 Å². The maximum Gasteiger partial charge on any atom is 0.198 e. The summed E-state index contributed by atoms with van der Waals surface area (Å²) in [5.41, 5.74) is 0.830. The van der Waals surface area contributed by atoms with E-state index in [1.165, 1.54) is 0 Å². The molecule has 0 saturated carbocycles. The van der Waals surface area contributed by atoms with Crippen LogP contribution in [0.5, 0.6) is 0 Å². The van der Waals surface area contributed by atoms with Crippen LogP contribution in [0.3, 0.4) is 0 Å². The SMILES string of the molecule is CC(C)CS(=O)(=O)C(I)(I)c1ccccc1. The standard InChI is InChI=1S/C11H14I2O2S/c1-9(2)8-16(14,15)11(12,13)10-6-4-3-5-7-10/h3-7,9H,8H2,1-2H3. The first kappa shape index (κ1) is 14.7. The van der Waals surface area contributed by atoms with E-state index in [9.17, 15) is 8.42 Å². The minimum atomic E-state index is -3.14. The van der Waals surface area contributed by atoms with E-state index in [1.807, 2.05) is 89.4 Å². The highest BCUT2D eigenvalue weighted by atomic mass is 127. The Kier molecular flexibility index (Phi) is 5.06. The zero-order valence-corrected chi connectivity index (χ0v) is 14.3. The van der Waals surface area contributed by atoms with Crippen LogP contribution in [-0.4, -0.2) is 14.2 Å². The van der Waals surface area contributed by atoms with Crippen LogP contribution in [0.4, 0.5) is 0 Å². The average Bonchev–Trinajstić information content (AvgIpc) is 2.17. The Morgan fingerprint density at radius 2 is 1.69 bits per heavy atom. The van der Waals surface area contributed by atoms with Gasteiger partial charge in [-0.05, 0) is 56.7 Å². The molecule has 16 heavy (non-hydrogen) atoms. The molecule has 0 radical (unpaired) electrons. The van der Waals surface area contributed by atoms with E-state index in [2.05, 4.69) is 0 Å². The summed E-state index contributed by atoms with van der Waals surface area (Å²) in [5, 5.41) is 0. The molecule has 0 fully saturated rings. The Hall–Kier alpha value is 0.630. The van der Waals surface area contributed by atoms with E-state index >= 15 is 0 Å². The summed E-state index contributed by atoms with van der Waals surface area (Å²) < 4.78 is 23.6. The van der Waals surface area contributed by atoms with Gasteiger partial charge >= 0.3 is 0 Å². The minimum Gasteiger partial charge on any atom is -0.226 e. The summed E-state index contributed by atoms with van der Waals surface area (Å²) in [6, 6.07) is 9.34. The fourth-order valence-electron chi connectivity index (χ4n) is 1.36. The van der Waals surface area contributed by atoms with Gasteiger partial charge in [0.25, 0.3) is 0 Å². The molecule has 2 nitrogen and oxygen atoms in total. The van der Waals surface area contributed by atoms with Gasteiger partial charge in [0.1, 0.15) is 0 Å². The molecule has 90 valence electrons. The summed E-state index contributed by atoms with van der Waals surface area (Å²) in [4.78, 5) is 0. The number of benzene rings is 1. The van der Waals surface area contributed by atoms with Crippen LogP contribution in [0.1, 0.15) is 19.4 Å². The highest BCUT2D eigenvalue weighted by molar-refractivity contribution is 14.2. The third-order valence-corrected chi connectivity index (χ3v) is 9.45. The molecule has 0 spiro atoms. The van der Waals surface area contributed by atoms with Crippen LogP contribution < -0.4 is 0 Å². The number of hydrogen-bond donors (Lipinski definition) is 0. The first-order chi connectivity index (χ1) is 7.27. The van der Waals surface area contributed by atoms with Gasteiger partial charge in [-0.25, -0.2) is 8.42 Å². The quantitative estimate of drug-likeness (QED) is 0.503. The van der Waals surface area contributed by atoms with Crippen molar-refractivity contribution in [1.82, 2.24) is 0 Å². The molecule has 1 rings (SSSR count). The van der Waals surface area contributed by atoms with E-state index < -0.39 is 10.6 Å². The van der Waals surface area contributed by atoms with Gasteiger partial charge < -0.3 is 0 Å². The maximum atomic E-state index is 12.2. The van der Waals surface area contributed by atoms with Crippen molar-refractivity contribution in [2.45, 2.75) is 14.6 Å². The topological polar surface area (TPSA) is 34.1 Å². The van der Waals surface area contributed by atoms with Crippen LogP contribution in [0.2, 0.25) is 0 Å². The molecule has 0 bridgehead atoms. The monoisotopic (exact) mass is 464 g/mol. The lowest BCUT2D eigenvalue weighted by Crippen LogP contribution is -2.27. The van der Waals surface area contributed by atoms with Crippen LogP contribution in [0, 0.1) is 5.92 Å². The summed E-state index contributed by atoms with van der Waals surface area (Å²) >= 11 is 4.03. The predicted molar refractivity (Wildman–Crippen MR) is 84.8 cm³/mol. The molecule has 0 aromatic heterocycles. The van der Waals surface area contributed by atoms with Gasteiger partial charge in [0.15, 0.2) is 10.6 Å². The Morgan fingerprint density at radius 1 is 1.19 bits per heavy atom. The summed E-state index contributed by atoms with van der Waals surface area (Å²) in [6.45, 7) is 3.85. The van der Waals surface area contributed by atoms with Crippen molar-refractivity contribution in [2.75, 3.05) is 5.75 Å². The highest BCUT2D eigenvalue weighted by Crippen LogP contribution is 2.45. The third kappa shape index (κ3) is 3.32. The molecule has 0 N–H and O–H groups in total. The molecule has 0 aliphatic carbocycles. The molecule has 0 aliphatic heterocycles. The van der Waals surface area contributed by atoms with Crippen molar-refractivity contribution in [2.24, 2.45) is 5.92 Å². The van der Waals surface area contributed by atoms with E-state index in [0.717, 1.165) is 5.56 Å². The molecule has 1 aromatic carbocycles. The lowest BCUT2D eigenvalue weighted by molar-refractivity contribution is 0.580. The van der Waals surface area contributed by atoms with Gasteiger partial charge in [-0.2, -0.15) is 0 Å². The fourth-order valence-corrected chi connectivity index (χ4v) is 4.74. The van der Waals surface area contributed by atoms with Gasteiger partial charge in [0, 0.05) is 0 Å². The van der Waals surface area contributed by atoms with E-state index in [1.54, 1.807) is 0 Å². The zero-order valence-electron chi connectivity index (χ0n) is 9.15. The van der Waals surface area contributed by atoms with Crippen molar-refractivity contribution in [1.29, 1.82) is 0 Å². The lowest BCUT2D eigenvalue weighted by Gasteiger charge is -2.22. The zero-order chi connectivity index (χ0) is 12.4. The second kappa shape index (κ2) is 5.51. The van der Waals surface area contributed by atoms with Crippen LogP contribution in [-0.2, 0) is 10.6 Å². The Balaban J connectivity index is 3.12. The summed E-state index contributed by atoms with van der Waals surface area (Å²) in [6.07, 6.45) is 0. The van der Waals surface area contributed by atoms with Gasteiger partial charge in [-0.15, -0.1) is 0 Å². The number of hydrogen-bond acceptors (Lipinski definition) is 2. The summed E-state index contributed by atoms with van der Waals surface area (Å²) in [5.74, 6) is 0.367. The van der Waals surface area contributed by atoms with Gasteiger partial charge in [-0.1, -0.05) is 44.2 Å². The molecule has 5 heteroatoms. The first-order valence-corrected chi connectivity index (χ1v) is 8.74.